The maximum absolute atomic E-state index is 11.6. The van der Waals surface area contributed by atoms with Gasteiger partial charge in [-0.15, -0.1) is 0 Å². The molecule has 1 aliphatic rings. The van der Waals surface area contributed by atoms with E-state index in [4.69, 9.17) is 15.6 Å². The monoisotopic (exact) mass is 316 g/mol. The minimum atomic E-state index is -0.487. The fourth-order valence-electron chi connectivity index (χ4n) is 3.64. The fraction of sp³-hybridized carbons (Fsp3) is 0.529. The molecule has 0 saturated heterocycles. The van der Waals surface area contributed by atoms with Gasteiger partial charge in [0.1, 0.15) is 5.75 Å². The number of carbonyl (C=O) groups excluding carboxylic acids is 1. The zero-order valence-corrected chi connectivity index (χ0v) is 13.9. The molecule has 3 atom stereocenters. The number of fused-ring (bicyclic) bond motifs is 1. The van der Waals surface area contributed by atoms with Crippen LogP contribution in [0.3, 0.4) is 0 Å². The van der Waals surface area contributed by atoms with E-state index in [2.05, 4.69) is 12.2 Å². The molecule has 1 fully saturated rings. The van der Waals surface area contributed by atoms with Gasteiger partial charge in [0.2, 0.25) is 0 Å². The van der Waals surface area contributed by atoms with Gasteiger partial charge in [0.05, 0.1) is 24.2 Å². The molecule has 6 nitrogen and oxygen atoms in total. The Hall–Kier alpha value is -2.08. The molecule has 1 aromatic heterocycles. The Labute approximate surface area is 136 Å². The second kappa shape index (κ2) is 6.20. The van der Waals surface area contributed by atoms with Gasteiger partial charge in [0.15, 0.2) is 0 Å². The Morgan fingerprint density at radius 3 is 2.83 bits per heavy atom. The van der Waals surface area contributed by atoms with Crippen LogP contribution in [0.2, 0.25) is 0 Å². The smallest absolute Gasteiger partial charge is 0.252 e. The third-order valence-electron chi connectivity index (χ3n) is 4.98. The van der Waals surface area contributed by atoms with E-state index in [-0.39, 0.29) is 0 Å². The van der Waals surface area contributed by atoms with Crippen LogP contribution in [0.4, 0.5) is 0 Å². The molecule has 6 heteroatoms. The molecule has 2 aromatic rings. The van der Waals surface area contributed by atoms with Gasteiger partial charge in [0.25, 0.3) is 5.91 Å². The van der Waals surface area contributed by atoms with Gasteiger partial charge in [-0.1, -0.05) is 6.92 Å². The van der Waals surface area contributed by atoms with Crippen molar-refractivity contribution in [3.63, 3.8) is 0 Å². The van der Waals surface area contributed by atoms with E-state index >= 15 is 0 Å². The summed E-state index contributed by atoms with van der Waals surface area (Å²) in [5.41, 5.74) is 6.65. The van der Waals surface area contributed by atoms with Crippen molar-refractivity contribution in [1.29, 1.82) is 0 Å². The van der Waals surface area contributed by atoms with Crippen LogP contribution >= 0.6 is 0 Å². The number of hydrogen-bond acceptors (Lipinski definition) is 4. The number of ether oxygens (including phenoxy) is 1. The number of carbonyl (C=O) groups is 1. The summed E-state index contributed by atoms with van der Waals surface area (Å²) in [7, 11) is 3.56. The highest BCUT2D eigenvalue weighted by Gasteiger charge is 2.28. The van der Waals surface area contributed by atoms with Crippen LogP contribution in [0.15, 0.2) is 18.3 Å². The summed E-state index contributed by atoms with van der Waals surface area (Å²) in [5.74, 6) is 0.537. The number of amides is 1. The molecule has 3 rings (SSSR count). The van der Waals surface area contributed by atoms with Crippen molar-refractivity contribution in [2.75, 3.05) is 14.2 Å². The van der Waals surface area contributed by atoms with Gasteiger partial charge in [0, 0.05) is 23.7 Å². The number of nitrogens with zero attached hydrogens (tertiary/aromatic N) is 2. The lowest BCUT2D eigenvalue weighted by Crippen LogP contribution is -2.35. The van der Waals surface area contributed by atoms with Crippen molar-refractivity contribution in [2.24, 2.45) is 11.7 Å². The van der Waals surface area contributed by atoms with Gasteiger partial charge in [-0.2, -0.15) is 5.10 Å². The van der Waals surface area contributed by atoms with E-state index < -0.39 is 5.91 Å². The first-order chi connectivity index (χ1) is 11.0. The lowest BCUT2D eigenvalue weighted by atomic mass is 9.83. The highest BCUT2D eigenvalue weighted by Crippen LogP contribution is 2.35. The summed E-state index contributed by atoms with van der Waals surface area (Å²) in [6.07, 6.45) is 5.41. The van der Waals surface area contributed by atoms with E-state index in [0.717, 1.165) is 30.2 Å². The number of rotatable bonds is 4. The number of benzene rings is 1. The molecular weight excluding hydrogens is 292 g/mol. The lowest BCUT2D eigenvalue weighted by molar-refractivity contribution is 0.0997. The Balaban J connectivity index is 1.95. The highest BCUT2D eigenvalue weighted by molar-refractivity contribution is 6.00. The highest BCUT2D eigenvalue weighted by atomic mass is 16.5. The summed E-state index contributed by atoms with van der Waals surface area (Å²) >= 11 is 0. The Kier molecular flexibility index (Phi) is 4.26. The first-order valence-corrected chi connectivity index (χ1v) is 8.07. The van der Waals surface area contributed by atoms with Crippen molar-refractivity contribution in [2.45, 2.75) is 38.3 Å². The Morgan fingerprint density at radius 1 is 1.43 bits per heavy atom. The van der Waals surface area contributed by atoms with Crippen LogP contribution in [0, 0.1) is 5.92 Å². The van der Waals surface area contributed by atoms with E-state index in [1.807, 2.05) is 17.9 Å². The maximum Gasteiger partial charge on any atom is 0.252 e. The van der Waals surface area contributed by atoms with Gasteiger partial charge in [-0.05, 0) is 38.3 Å². The molecule has 0 spiro atoms. The molecule has 0 bridgehead atoms. The van der Waals surface area contributed by atoms with E-state index in [9.17, 15) is 4.79 Å². The average molecular weight is 316 g/mol. The van der Waals surface area contributed by atoms with Gasteiger partial charge >= 0.3 is 0 Å². The molecule has 1 heterocycles. The predicted molar refractivity (Wildman–Crippen MR) is 89.7 cm³/mol. The summed E-state index contributed by atoms with van der Waals surface area (Å²) < 4.78 is 7.31. The van der Waals surface area contributed by atoms with Crippen LogP contribution in [0.25, 0.3) is 10.9 Å². The first kappa shape index (κ1) is 15.8. The van der Waals surface area contributed by atoms with Crippen molar-refractivity contribution >= 4 is 16.8 Å². The normalized spacial score (nSPS) is 24.7. The first-order valence-electron chi connectivity index (χ1n) is 8.07. The molecule has 1 aromatic carbocycles. The van der Waals surface area contributed by atoms with Crippen molar-refractivity contribution in [1.82, 2.24) is 15.1 Å². The molecule has 23 heavy (non-hydrogen) atoms. The average Bonchev–Trinajstić information content (AvgIpc) is 2.95. The van der Waals surface area contributed by atoms with E-state index in [1.54, 1.807) is 12.1 Å². The number of nitrogens with two attached hydrogens (primary N) is 1. The third kappa shape index (κ3) is 2.91. The van der Waals surface area contributed by atoms with Gasteiger partial charge in [-0.25, -0.2) is 0 Å². The Bertz CT molecular complexity index is 725. The number of methoxy groups -OCH3 is 1. The number of nitrogens with one attached hydrogen (secondary N) is 1. The molecule has 3 N–H and O–H groups in total. The summed E-state index contributed by atoms with van der Waals surface area (Å²) in [6.45, 7) is 2.27. The maximum atomic E-state index is 11.6. The van der Waals surface area contributed by atoms with Crippen molar-refractivity contribution in [3.05, 3.63) is 23.9 Å². The minimum Gasteiger partial charge on any atom is -0.496 e. The summed E-state index contributed by atoms with van der Waals surface area (Å²) in [4.78, 5) is 11.6. The fourth-order valence-corrected chi connectivity index (χ4v) is 3.64. The second-order valence-corrected chi connectivity index (χ2v) is 6.43. The Morgan fingerprint density at radius 2 is 2.22 bits per heavy atom. The molecule has 1 aliphatic carbocycles. The van der Waals surface area contributed by atoms with Crippen LogP contribution in [0.1, 0.15) is 42.6 Å². The zero-order valence-electron chi connectivity index (χ0n) is 13.9. The van der Waals surface area contributed by atoms with Gasteiger partial charge in [-0.3, -0.25) is 9.48 Å². The van der Waals surface area contributed by atoms with Crippen molar-refractivity contribution < 1.29 is 9.53 Å². The van der Waals surface area contributed by atoms with Crippen LogP contribution in [0.5, 0.6) is 5.75 Å². The van der Waals surface area contributed by atoms with Crippen LogP contribution < -0.4 is 15.8 Å². The van der Waals surface area contributed by atoms with Crippen LogP contribution in [-0.4, -0.2) is 35.9 Å². The predicted octanol–water partition coefficient (Wildman–Crippen LogP) is 2.09. The largest absolute Gasteiger partial charge is 0.496 e. The molecule has 0 aliphatic heterocycles. The minimum absolute atomic E-state index is 0.384. The lowest BCUT2D eigenvalue weighted by Gasteiger charge is -2.34. The molecular formula is C17H24N4O2. The number of aromatic nitrogens is 2. The van der Waals surface area contributed by atoms with E-state index in [1.165, 1.54) is 7.11 Å². The topological polar surface area (TPSA) is 82.2 Å². The molecule has 1 unspecified atom stereocenters. The molecule has 0 radical (unpaired) electrons. The SMILES string of the molecule is CNC1CC[C@@H](n2cc3cc(C(N)=O)c(OC)cc3n2)[C@H](C)C1. The number of hydrogen-bond donors (Lipinski definition) is 2. The summed E-state index contributed by atoms with van der Waals surface area (Å²) in [6, 6.07) is 4.53. The van der Waals surface area contributed by atoms with Gasteiger partial charge < -0.3 is 15.8 Å². The molecule has 124 valence electrons. The number of primary amides is 1. The van der Waals surface area contributed by atoms with Crippen molar-refractivity contribution in [3.8, 4) is 5.75 Å². The van der Waals surface area contributed by atoms with Crippen LogP contribution in [-0.2, 0) is 0 Å². The third-order valence-corrected chi connectivity index (χ3v) is 4.98. The molecule has 1 saturated carbocycles. The molecule has 1 amide bonds. The second-order valence-electron chi connectivity index (χ2n) is 6.43. The quantitative estimate of drug-likeness (QED) is 0.905. The standard InChI is InChI=1S/C17H24N4O2/c1-10-6-12(19-2)4-5-15(10)21-9-11-7-13(17(18)22)16(23-3)8-14(11)20-21/h7-10,12,15,19H,4-6H2,1-3H3,(H2,18,22)/t10-,12?,15-/m1/s1. The zero-order chi connectivity index (χ0) is 16.6. The summed E-state index contributed by atoms with van der Waals surface area (Å²) in [5, 5.41) is 9.00. The van der Waals surface area contributed by atoms with E-state index in [0.29, 0.717) is 29.3 Å².